The van der Waals surface area contributed by atoms with Crippen molar-refractivity contribution in [3.8, 4) is 17.2 Å². The number of cyclic esters (lactones) is 1. The number of nitrogens with zero attached hydrogens (tertiary/aromatic N) is 4. The molecule has 5 rings (SSSR count). The van der Waals surface area contributed by atoms with Crippen molar-refractivity contribution in [1.29, 1.82) is 5.26 Å². The molecule has 1 aliphatic carbocycles. The molecule has 1 aliphatic heterocycles. The highest BCUT2D eigenvalue weighted by Gasteiger charge is 2.69. The molecular formula is C26H23F2N5O2. The van der Waals surface area contributed by atoms with Gasteiger partial charge >= 0.3 is 5.97 Å². The van der Waals surface area contributed by atoms with Crippen molar-refractivity contribution < 1.29 is 18.3 Å². The Hall–Kier alpha value is -3.93. The number of carbonyl (C=O) groups is 1. The number of hydrogen-bond acceptors (Lipinski definition) is 6. The minimum absolute atomic E-state index is 0.297. The zero-order valence-electron chi connectivity index (χ0n) is 19.2. The van der Waals surface area contributed by atoms with Crippen LogP contribution in [-0.4, -0.2) is 38.2 Å². The number of esters is 1. The Labute approximate surface area is 200 Å². The van der Waals surface area contributed by atoms with Gasteiger partial charge in [0.25, 0.3) is 5.92 Å². The molecule has 0 unspecified atom stereocenters. The summed E-state index contributed by atoms with van der Waals surface area (Å²) in [5.41, 5.74) is 1.12. The summed E-state index contributed by atoms with van der Waals surface area (Å²) in [6.45, 7) is 3.27. The van der Waals surface area contributed by atoms with E-state index in [1.54, 1.807) is 55.7 Å². The third-order valence-electron chi connectivity index (χ3n) is 7.39. The van der Waals surface area contributed by atoms with Gasteiger partial charge < -0.3 is 4.74 Å². The first kappa shape index (κ1) is 22.8. The van der Waals surface area contributed by atoms with Crippen LogP contribution in [0.25, 0.3) is 17.2 Å². The number of allylic oxidation sites excluding steroid dienone is 1. The number of ether oxygens (including phenoxy) is 1. The molecule has 0 bridgehead atoms. The first-order valence-electron chi connectivity index (χ1n) is 11.4. The van der Waals surface area contributed by atoms with E-state index in [1.807, 2.05) is 6.07 Å². The van der Waals surface area contributed by atoms with E-state index in [0.29, 0.717) is 22.6 Å². The van der Waals surface area contributed by atoms with Crippen LogP contribution in [0.15, 0.2) is 55.0 Å². The van der Waals surface area contributed by atoms with E-state index >= 15 is 8.78 Å². The largest absolute Gasteiger partial charge is 0.462 e. The van der Waals surface area contributed by atoms with E-state index in [4.69, 9.17) is 4.74 Å². The van der Waals surface area contributed by atoms with Gasteiger partial charge in [-0.1, -0.05) is 19.1 Å². The van der Waals surface area contributed by atoms with Crippen molar-refractivity contribution in [3.05, 3.63) is 72.1 Å². The number of carbonyl (C=O) groups excluding carboxylic acids is 1. The summed E-state index contributed by atoms with van der Waals surface area (Å²) >= 11 is 0. The molecule has 35 heavy (non-hydrogen) atoms. The quantitative estimate of drug-likeness (QED) is 0.556. The number of aromatic amines is 1. The lowest BCUT2D eigenvalue weighted by atomic mass is 9.55. The Balaban J connectivity index is 1.50. The van der Waals surface area contributed by atoms with Gasteiger partial charge in [-0.2, -0.15) is 10.4 Å². The van der Waals surface area contributed by atoms with Crippen molar-refractivity contribution in [2.24, 2.45) is 17.8 Å². The smallest absolute Gasteiger partial charge is 0.319 e. The molecule has 3 aromatic rings. The Kier molecular flexibility index (Phi) is 5.47. The van der Waals surface area contributed by atoms with Gasteiger partial charge in [-0.05, 0) is 43.2 Å². The standard InChI is InChI=1S/C26H23F2N5O2/c1-15-19(8-7-18-6-5-17(13-31-18)20-4-3-10-30-21(20)12-29)23-16(2)35-24(34)25(23,14-26(15,27)28)22-9-11-32-33-22/h3-11,13,15-16,19,23H,14H2,1-2H3,(H,32,33)/b8-7+/t15-,16+,19-,23-,25-/m0/s1. The second-order valence-corrected chi connectivity index (χ2v) is 9.22. The highest BCUT2D eigenvalue weighted by atomic mass is 19.3. The number of pyridine rings is 2. The molecule has 2 aliphatic rings. The monoisotopic (exact) mass is 475 g/mol. The fourth-order valence-electron chi connectivity index (χ4n) is 5.62. The Morgan fingerprint density at radius 3 is 2.71 bits per heavy atom. The van der Waals surface area contributed by atoms with Gasteiger partial charge in [0.15, 0.2) is 0 Å². The summed E-state index contributed by atoms with van der Waals surface area (Å²) in [4.78, 5) is 21.5. The third kappa shape index (κ3) is 3.60. The van der Waals surface area contributed by atoms with Gasteiger partial charge in [0, 0.05) is 48.0 Å². The van der Waals surface area contributed by atoms with Gasteiger partial charge in [-0.15, -0.1) is 0 Å². The molecule has 0 amide bonds. The molecule has 0 spiro atoms. The zero-order valence-corrected chi connectivity index (χ0v) is 19.2. The molecule has 9 heteroatoms. The predicted molar refractivity (Wildman–Crippen MR) is 123 cm³/mol. The molecule has 2 fully saturated rings. The molecule has 7 nitrogen and oxygen atoms in total. The van der Waals surface area contributed by atoms with Crippen LogP contribution in [0.2, 0.25) is 0 Å². The van der Waals surface area contributed by atoms with Gasteiger partial charge in [-0.3, -0.25) is 14.9 Å². The maximum Gasteiger partial charge on any atom is 0.319 e. The SMILES string of the molecule is C[C@H]1OC(=O)[C@]2(c3ccn[nH]3)CC(F)(F)[C@@H](C)[C@H](/C=C/c3ccc(-c4cccnc4C#N)cn3)[C@H]12. The third-order valence-corrected chi connectivity index (χ3v) is 7.39. The predicted octanol–water partition coefficient (Wildman–Crippen LogP) is 4.54. The van der Waals surface area contributed by atoms with Crippen LogP contribution in [0.1, 0.15) is 37.4 Å². The van der Waals surface area contributed by atoms with Crippen LogP contribution >= 0.6 is 0 Å². The Bertz CT molecular complexity index is 1320. The van der Waals surface area contributed by atoms with Crippen LogP contribution in [0.4, 0.5) is 8.78 Å². The van der Waals surface area contributed by atoms with Crippen LogP contribution in [-0.2, 0) is 14.9 Å². The number of H-pyrrole nitrogens is 1. The van der Waals surface area contributed by atoms with E-state index in [0.717, 1.165) is 5.56 Å². The van der Waals surface area contributed by atoms with E-state index in [-0.39, 0.29) is 0 Å². The number of fused-ring (bicyclic) bond motifs is 1. The zero-order chi connectivity index (χ0) is 24.8. The van der Waals surface area contributed by atoms with E-state index in [9.17, 15) is 10.1 Å². The number of alkyl halides is 2. The number of hydrogen-bond donors (Lipinski definition) is 1. The average Bonchev–Trinajstić information content (AvgIpc) is 3.47. The average molecular weight is 475 g/mol. The van der Waals surface area contributed by atoms with Crippen molar-refractivity contribution in [2.45, 2.75) is 37.7 Å². The summed E-state index contributed by atoms with van der Waals surface area (Å²) < 4.78 is 36.2. The van der Waals surface area contributed by atoms with E-state index in [1.165, 1.54) is 13.1 Å². The molecule has 1 saturated heterocycles. The lowest BCUT2D eigenvalue weighted by Gasteiger charge is -2.47. The van der Waals surface area contributed by atoms with Gasteiger partial charge in [-0.25, -0.2) is 13.8 Å². The fourth-order valence-corrected chi connectivity index (χ4v) is 5.62. The van der Waals surface area contributed by atoms with Crippen molar-refractivity contribution in [2.75, 3.05) is 0 Å². The fraction of sp³-hybridized carbons (Fsp3) is 0.346. The number of nitriles is 1. The maximum atomic E-state index is 15.3. The molecule has 5 atom stereocenters. The first-order valence-corrected chi connectivity index (χ1v) is 11.4. The molecule has 0 radical (unpaired) electrons. The summed E-state index contributed by atoms with van der Waals surface area (Å²) in [5.74, 6) is -5.88. The Morgan fingerprint density at radius 1 is 1.20 bits per heavy atom. The second kappa shape index (κ2) is 8.38. The molecule has 178 valence electrons. The molecule has 3 aromatic heterocycles. The normalized spacial score (nSPS) is 29.5. The molecular weight excluding hydrogens is 452 g/mol. The van der Waals surface area contributed by atoms with Crippen LogP contribution in [0.5, 0.6) is 0 Å². The summed E-state index contributed by atoms with van der Waals surface area (Å²) in [6, 6.07) is 10.7. The van der Waals surface area contributed by atoms with Crippen LogP contribution in [0.3, 0.4) is 0 Å². The van der Waals surface area contributed by atoms with Crippen molar-refractivity contribution >= 4 is 12.0 Å². The lowest BCUT2D eigenvalue weighted by molar-refractivity contribution is -0.157. The van der Waals surface area contributed by atoms with Crippen LogP contribution < -0.4 is 0 Å². The van der Waals surface area contributed by atoms with Gasteiger partial charge in [0.1, 0.15) is 23.3 Å². The lowest BCUT2D eigenvalue weighted by Crippen LogP contribution is -2.56. The number of nitrogens with one attached hydrogen (secondary N) is 1. The van der Waals surface area contributed by atoms with Crippen molar-refractivity contribution in [3.63, 3.8) is 0 Å². The molecule has 1 saturated carbocycles. The van der Waals surface area contributed by atoms with Gasteiger partial charge in [0.05, 0.1) is 11.4 Å². The minimum atomic E-state index is -3.09. The topological polar surface area (TPSA) is 105 Å². The highest BCUT2D eigenvalue weighted by Crippen LogP contribution is 2.59. The van der Waals surface area contributed by atoms with E-state index in [2.05, 4.69) is 26.2 Å². The Morgan fingerprint density at radius 2 is 2.03 bits per heavy atom. The van der Waals surface area contributed by atoms with E-state index < -0.39 is 47.6 Å². The first-order chi connectivity index (χ1) is 16.8. The summed E-state index contributed by atoms with van der Waals surface area (Å²) in [7, 11) is 0. The van der Waals surface area contributed by atoms with Crippen LogP contribution in [0, 0.1) is 29.1 Å². The van der Waals surface area contributed by atoms with Crippen molar-refractivity contribution in [1.82, 2.24) is 20.2 Å². The second-order valence-electron chi connectivity index (χ2n) is 9.22. The maximum absolute atomic E-state index is 15.3. The summed E-state index contributed by atoms with van der Waals surface area (Å²) in [6.07, 6.45) is 6.90. The van der Waals surface area contributed by atoms with Gasteiger partial charge in [0.2, 0.25) is 0 Å². The number of aromatic nitrogens is 4. The molecule has 1 N–H and O–H groups in total. The molecule has 4 heterocycles. The number of rotatable bonds is 4. The summed E-state index contributed by atoms with van der Waals surface area (Å²) in [5, 5.41) is 16.0. The molecule has 0 aromatic carbocycles. The number of halogens is 2. The minimum Gasteiger partial charge on any atom is -0.462 e. The highest BCUT2D eigenvalue weighted by molar-refractivity contribution is 5.86.